The van der Waals surface area contributed by atoms with Crippen molar-refractivity contribution in [2.45, 2.75) is 11.5 Å². The second kappa shape index (κ2) is 7.39. The maximum absolute atomic E-state index is 11.9. The van der Waals surface area contributed by atoms with E-state index in [1.54, 1.807) is 11.8 Å². The zero-order valence-corrected chi connectivity index (χ0v) is 11.8. The molecule has 0 aliphatic heterocycles. The molecule has 3 heteroatoms. The van der Waals surface area contributed by atoms with Crippen LogP contribution in [-0.4, -0.2) is 9.29 Å². The third-order valence-electron chi connectivity index (χ3n) is 2.50. The Morgan fingerprint density at radius 2 is 1.39 bits per heavy atom. The van der Waals surface area contributed by atoms with E-state index in [2.05, 4.69) is 12.1 Å². The van der Waals surface area contributed by atoms with E-state index in [1.807, 2.05) is 48.5 Å². The zero-order chi connectivity index (χ0) is 12.6. The molecule has 0 amide bonds. The van der Waals surface area contributed by atoms with E-state index in [1.165, 1.54) is 5.56 Å². The molecule has 18 heavy (non-hydrogen) atoms. The largest absolute Gasteiger partial charge is 0.258 e. The normalized spacial score (nSPS) is 12.2. The van der Waals surface area contributed by atoms with Crippen molar-refractivity contribution in [3.8, 4) is 0 Å². The average molecular weight is 276 g/mol. The number of thioether (sulfide) groups is 1. The van der Waals surface area contributed by atoms with Gasteiger partial charge in [-0.15, -0.1) is 11.8 Å². The summed E-state index contributed by atoms with van der Waals surface area (Å²) in [5.74, 6) is 1.59. The number of rotatable bonds is 6. The Labute approximate surface area is 115 Å². The molecule has 2 rings (SSSR count). The van der Waals surface area contributed by atoms with Crippen LogP contribution >= 0.6 is 11.8 Å². The molecule has 0 aliphatic carbocycles. The minimum absolute atomic E-state index is 0.655. The number of benzene rings is 2. The lowest BCUT2D eigenvalue weighted by molar-refractivity contribution is 0.685. The molecule has 0 aliphatic rings. The molecule has 1 atom stereocenters. The lowest BCUT2D eigenvalue weighted by atomic mass is 10.2. The second-order valence-electron chi connectivity index (χ2n) is 4.02. The van der Waals surface area contributed by atoms with E-state index < -0.39 is 10.8 Å². The Kier molecular flexibility index (Phi) is 5.49. The first kappa shape index (κ1) is 13.4. The molecule has 0 bridgehead atoms. The zero-order valence-electron chi connectivity index (χ0n) is 10.1. The molecular formula is C15H16OS2. The van der Waals surface area contributed by atoms with Gasteiger partial charge in [0.05, 0.1) is 5.08 Å². The monoisotopic (exact) mass is 276 g/mol. The van der Waals surface area contributed by atoms with Crippen LogP contribution in [0.1, 0.15) is 11.1 Å². The van der Waals surface area contributed by atoms with Crippen molar-refractivity contribution in [3.05, 3.63) is 71.8 Å². The quantitative estimate of drug-likeness (QED) is 0.797. The average Bonchev–Trinajstić information content (AvgIpc) is 2.41. The van der Waals surface area contributed by atoms with Gasteiger partial charge in [-0.05, 0) is 11.1 Å². The van der Waals surface area contributed by atoms with Gasteiger partial charge < -0.3 is 0 Å². The van der Waals surface area contributed by atoms with Gasteiger partial charge in [0, 0.05) is 22.3 Å². The highest BCUT2D eigenvalue weighted by molar-refractivity contribution is 8.09. The SMILES string of the molecule is O=S(CSCc1ccccc1)Cc1ccccc1. The standard InChI is InChI=1S/C15H16OS2/c16-18(12-15-9-5-2-6-10-15)13-17-11-14-7-3-1-4-8-14/h1-10H,11-13H2. The molecule has 0 N–H and O–H groups in total. The van der Waals surface area contributed by atoms with Crippen molar-refractivity contribution in [2.75, 3.05) is 5.08 Å². The molecule has 0 heterocycles. The molecule has 0 fully saturated rings. The molecule has 2 aromatic carbocycles. The van der Waals surface area contributed by atoms with Crippen LogP contribution in [0.5, 0.6) is 0 Å². The molecule has 1 nitrogen and oxygen atoms in total. The Bertz CT molecular complexity index is 482. The molecule has 0 radical (unpaired) electrons. The molecule has 0 spiro atoms. The van der Waals surface area contributed by atoms with Crippen molar-refractivity contribution in [2.24, 2.45) is 0 Å². The fourth-order valence-corrected chi connectivity index (χ4v) is 4.03. The molecule has 2 aromatic rings. The van der Waals surface area contributed by atoms with Gasteiger partial charge >= 0.3 is 0 Å². The maximum Gasteiger partial charge on any atom is 0.0699 e. The first-order valence-corrected chi connectivity index (χ1v) is 8.49. The van der Waals surface area contributed by atoms with Gasteiger partial charge in [0.15, 0.2) is 0 Å². The summed E-state index contributed by atoms with van der Waals surface area (Å²) in [6.07, 6.45) is 0. The lowest BCUT2D eigenvalue weighted by Crippen LogP contribution is -1.98. The summed E-state index contributed by atoms with van der Waals surface area (Å²) in [5, 5.41) is 0.698. The van der Waals surface area contributed by atoms with Crippen LogP contribution < -0.4 is 0 Å². The van der Waals surface area contributed by atoms with Crippen LogP contribution in [-0.2, 0) is 22.3 Å². The molecule has 0 aromatic heterocycles. The highest BCUT2D eigenvalue weighted by atomic mass is 32.2. The van der Waals surface area contributed by atoms with Crippen molar-refractivity contribution in [3.63, 3.8) is 0 Å². The number of hydrogen-bond donors (Lipinski definition) is 0. The van der Waals surface area contributed by atoms with Gasteiger partial charge in [0.2, 0.25) is 0 Å². The van der Waals surface area contributed by atoms with Crippen LogP contribution in [0, 0.1) is 0 Å². The molecule has 0 saturated carbocycles. The summed E-state index contributed by atoms with van der Waals surface area (Å²) in [7, 11) is -0.782. The van der Waals surface area contributed by atoms with Crippen LogP contribution in [0.3, 0.4) is 0 Å². The van der Waals surface area contributed by atoms with Gasteiger partial charge in [-0.1, -0.05) is 60.7 Å². The summed E-state index contributed by atoms with van der Waals surface area (Å²) in [4.78, 5) is 0. The summed E-state index contributed by atoms with van der Waals surface area (Å²) in [6.45, 7) is 0. The predicted octanol–water partition coefficient (Wildman–Crippen LogP) is 3.83. The predicted molar refractivity (Wildman–Crippen MR) is 80.9 cm³/mol. The highest BCUT2D eigenvalue weighted by Crippen LogP contribution is 2.14. The smallest absolute Gasteiger partial charge is 0.0699 e. The summed E-state index contributed by atoms with van der Waals surface area (Å²) in [5.41, 5.74) is 2.44. The van der Waals surface area contributed by atoms with E-state index >= 15 is 0 Å². The van der Waals surface area contributed by atoms with Crippen molar-refractivity contribution in [1.29, 1.82) is 0 Å². The van der Waals surface area contributed by atoms with Gasteiger partial charge in [-0.3, -0.25) is 4.21 Å². The summed E-state index contributed by atoms with van der Waals surface area (Å²) < 4.78 is 11.9. The van der Waals surface area contributed by atoms with Crippen molar-refractivity contribution in [1.82, 2.24) is 0 Å². The van der Waals surface area contributed by atoms with E-state index in [0.29, 0.717) is 10.8 Å². The summed E-state index contributed by atoms with van der Waals surface area (Å²) >= 11 is 1.73. The lowest BCUT2D eigenvalue weighted by Gasteiger charge is -2.03. The van der Waals surface area contributed by atoms with Crippen molar-refractivity contribution >= 4 is 22.6 Å². The number of hydrogen-bond acceptors (Lipinski definition) is 2. The second-order valence-corrected chi connectivity index (χ2v) is 6.83. The van der Waals surface area contributed by atoms with Crippen molar-refractivity contribution < 1.29 is 4.21 Å². The van der Waals surface area contributed by atoms with Gasteiger partial charge in [-0.2, -0.15) is 0 Å². The third kappa shape index (κ3) is 4.67. The molecular weight excluding hydrogens is 260 g/mol. The first-order valence-electron chi connectivity index (χ1n) is 5.85. The van der Waals surface area contributed by atoms with E-state index in [4.69, 9.17) is 0 Å². The minimum Gasteiger partial charge on any atom is -0.258 e. The Morgan fingerprint density at radius 1 is 0.833 bits per heavy atom. The van der Waals surface area contributed by atoms with Gasteiger partial charge in [0.1, 0.15) is 0 Å². The summed E-state index contributed by atoms with van der Waals surface area (Å²) in [6, 6.07) is 20.3. The topological polar surface area (TPSA) is 17.1 Å². The van der Waals surface area contributed by atoms with Gasteiger partial charge in [-0.25, -0.2) is 0 Å². The minimum atomic E-state index is -0.782. The first-order chi connectivity index (χ1) is 8.84. The van der Waals surface area contributed by atoms with Crippen LogP contribution in [0.2, 0.25) is 0 Å². The molecule has 0 saturated heterocycles. The Hall–Kier alpha value is -1.06. The van der Waals surface area contributed by atoms with E-state index in [0.717, 1.165) is 11.3 Å². The Balaban J connectivity index is 1.73. The molecule has 1 unspecified atom stereocenters. The third-order valence-corrected chi connectivity index (χ3v) is 5.41. The van der Waals surface area contributed by atoms with Gasteiger partial charge in [0.25, 0.3) is 0 Å². The van der Waals surface area contributed by atoms with E-state index in [-0.39, 0.29) is 0 Å². The van der Waals surface area contributed by atoms with Crippen LogP contribution in [0.15, 0.2) is 60.7 Å². The van der Waals surface area contributed by atoms with Crippen LogP contribution in [0.25, 0.3) is 0 Å². The molecule has 94 valence electrons. The fourth-order valence-electron chi connectivity index (χ4n) is 1.63. The highest BCUT2D eigenvalue weighted by Gasteiger charge is 2.02. The van der Waals surface area contributed by atoms with Crippen LogP contribution in [0.4, 0.5) is 0 Å². The van der Waals surface area contributed by atoms with E-state index in [9.17, 15) is 4.21 Å². The maximum atomic E-state index is 11.9. The Morgan fingerprint density at radius 3 is 2.00 bits per heavy atom. The fraction of sp³-hybridized carbons (Fsp3) is 0.200.